The number of epoxide rings is 2. The van der Waals surface area contributed by atoms with Crippen LogP contribution in [0.2, 0.25) is 0 Å². The number of aliphatic hydroxyl groups excluding tert-OH is 1. The van der Waals surface area contributed by atoms with Crippen LogP contribution in [0.15, 0.2) is 0 Å². The fourth-order valence-electron chi connectivity index (χ4n) is 6.23. The maximum absolute atomic E-state index is 13.5. The Morgan fingerprint density at radius 1 is 1.08 bits per heavy atom. The van der Waals surface area contributed by atoms with Crippen molar-refractivity contribution in [2.75, 3.05) is 19.8 Å². The van der Waals surface area contributed by atoms with Crippen molar-refractivity contribution in [1.82, 2.24) is 0 Å². The first-order chi connectivity index (χ1) is 16.8. The molecule has 0 spiro atoms. The number of carbonyl (C=O) groups excluding carboxylic acids is 1. The summed E-state index contributed by atoms with van der Waals surface area (Å²) in [5.74, 6) is 0.567. The second-order valence-corrected chi connectivity index (χ2v) is 13.5. The van der Waals surface area contributed by atoms with Crippen LogP contribution in [0.3, 0.4) is 0 Å². The highest BCUT2D eigenvalue weighted by Gasteiger charge is 2.55. The lowest BCUT2D eigenvalue weighted by Gasteiger charge is -2.48. The van der Waals surface area contributed by atoms with Crippen molar-refractivity contribution in [2.45, 2.75) is 141 Å². The van der Waals surface area contributed by atoms with Crippen molar-refractivity contribution in [2.24, 2.45) is 17.3 Å². The molecule has 36 heavy (non-hydrogen) atoms. The van der Waals surface area contributed by atoms with Crippen LogP contribution in [0, 0.1) is 17.3 Å². The highest BCUT2D eigenvalue weighted by atomic mass is 16.6. The van der Waals surface area contributed by atoms with E-state index in [1.165, 1.54) is 0 Å². The SMILES string of the molecule is CCOC(C)(C)CCC(C)(C)C(=O)OC1CC(C2(C)CO2)CCC1(C)OC1CCC(C2CO2)CC1O. The Balaban J connectivity index is 1.42. The van der Waals surface area contributed by atoms with E-state index in [2.05, 4.69) is 27.7 Å². The zero-order valence-corrected chi connectivity index (χ0v) is 23.6. The molecule has 2 aliphatic heterocycles. The van der Waals surface area contributed by atoms with Gasteiger partial charge in [-0.05, 0) is 112 Å². The first-order valence-corrected chi connectivity index (χ1v) is 14.2. The smallest absolute Gasteiger partial charge is 0.311 e. The summed E-state index contributed by atoms with van der Waals surface area (Å²) in [5, 5.41) is 10.9. The largest absolute Gasteiger partial charge is 0.459 e. The summed E-state index contributed by atoms with van der Waals surface area (Å²) in [4.78, 5) is 13.5. The van der Waals surface area contributed by atoms with E-state index in [-0.39, 0.29) is 29.4 Å². The van der Waals surface area contributed by atoms with E-state index in [0.29, 0.717) is 37.4 Å². The third-order valence-corrected chi connectivity index (χ3v) is 9.42. The third-order valence-electron chi connectivity index (χ3n) is 9.42. The standard InChI is InChI=1S/C29H50O7/c1-8-33-27(4,5)14-13-26(2,3)25(31)35-24-16-20(29(7)18-34-29)11-12-28(24,6)36-22-10-9-19(15-21(22)30)23-17-32-23/h19-24,30H,8-18H2,1-7H3. The Labute approximate surface area is 217 Å². The van der Waals surface area contributed by atoms with Gasteiger partial charge >= 0.3 is 5.97 Å². The Morgan fingerprint density at radius 3 is 2.36 bits per heavy atom. The summed E-state index contributed by atoms with van der Waals surface area (Å²) in [7, 11) is 0. The molecule has 2 saturated heterocycles. The number of carbonyl (C=O) groups is 1. The summed E-state index contributed by atoms with van der Waals surface area (Å²) < 4.78 is 30.1. The fraction of sp³-hybridized carbons (Fsp3) is 0.966. The van der Waals surface area contributed by atoms with Gasteiger partial charge in [0.2, 0.25) is 0 Å². The van der Waals surface area contributed by atoms with Crippen LogP contribution in [0.5, 0.6) is 0 Å². The van der Waals surface area contributed by atoms with Gasteiger partial charge in [0.1, 0.15) is 11.7 Å². The zero-order valence-electron chi connectivity index (χ0n) is 23.6. The molecule has 0 aromatic carbocycles. The predicted octanol–water partition coefficient (Wildman–Crippen LogP) is 4.81. The van der Waals surface area contributed by atoms with Gasteiger partial charge in [0.05, 0.1) is 48.1 Å². The summed E-state index contributed by atoms with van der Waals surface area (Å²) >= 11 is 0. The monoisotopic (exact) mass is 510 g/mol. The van der Waals surface area contributed by atoms with Crippen molar-refractivity contribution in [3.63, 3.8) is 0 Å². The predicted molar refractivity (Wildman–Crippen MR) is 137 cm³/mol. The number of rotatable bonds is 11. The fourth-order valence-corrected chi connectivity index (χ4v) is 6.23. The lowest BCUT2D eigenvalue weighted by Crippen LogP contribution is -2.55. The molecule has 8 unspecified atom stereocenters. The molecule has 0 aromatic rings. The van der Waals surface area contributed by atoms with Crippen LogP contribution in [0.1, 0.15) is 99.8 Å². The van der Waals surface area contributed by atoms with E-state index in [1.807, 2.05) is 20.8 Å². The molecular weight excluding hydrogens is 460 g/mol. The van der Waals surface area contributed by atoms with Crippen molar-refractivity contribution >= 4 is 5.97 Å². The van der Waals surface area contributed by atoms with Gasteiger partial charge in [-0.15, -0.1) is 0 Å². The van der Waals surface area contributed by atoms with Crippen molar-refractivity contribution in [3.05, 3.63) is 0 Å². The van der Waals surface area contributed by atoms with Gasteiger partial charge in [-0.3, -0.25) is 4.79 Å². The molecule has 2 heterocycles. The minimum absolute atomic E-state index is 0.120. The Morgan fingerprint density at radius 2 is 1.78 bits per heavy atom. The molecule has 0 bridgehead atoms. The molecule has 4 rings (SSSR count). The number of hydrogen-bond acceptors (Lipinski definition) is 7. The molecule has 0 aromatic heterocycles. The molecule has 208 valence electrons. The van der Waals surface area contributed by atoms with Crippen molar-refractivity contribution in [3.8, 4) is 0 Å². The van der Waals surface area contributed by atoms with E-state index in [1.54, 1.807) is 0 Å². The van der Waals surface area contributed by atoms with Gasteiger partial charge in [0.25, 0.3) is 0 Å². The van der Waals surface area contributed by atoms with E-state index in [9.17, 15) is 9.90 Å². The second-order valence-electron chi connectivity index (χ2n) is 13.5. The summed E-state index contributed by atoms with van der Waals surface area (Å²) in [6, 6.07) is 0. The second kappa shape index (κ2) is 10.4. The highest BCUT2D eigenvalue weighted by molar-refractivity contribution is 5.76. The minimum atomic E-state index is -0.635. The summed E-state index contributed by atoms with van der Waals surface area (Å²) in [5.41, 5.74) is -1.67. The molecule has 1 N–H and O–H groups in total. The van der Waals surface area contributed by atoms with Crippen LogP contribution in [-0.4, -0.2) is 72.1 Å². The lowest BCUT2D eigenvalue weighted by molar-refractivity contribution is -0.221. The van der Waals surface area contributed by atoms with Crippen molar-refractivity contribution in [1.29, 1.82) is 0 Å². The van der Waals surface area contributed by atoms with Crippen LogP contribution >= 0.6 is 0 Å². The Kier molecular flexibility index (Phi) is 8.20. The molecular formula is C29H50O7. The number of aliphatic hydroxyl groups is 1. The van der Waals surface area contributed by atoms with Crippen LogP contribution in [0.4, 0.5) is 0 Å². The average molecular weight is 511 g/mol. The van der Waals surface area contributed by atoms with E-state index >= 15 is 0 Å². The number of ether oxygens (including phenoxy) is 5. The third kappa shape index (κ3) is 6.63. The minimum Gasteiger partial charge on any atom is -0.459 e. The zero-order chi connectivity index (χ0) is 26.4. The van der Waals surface area contributed by atoms with Gasteiger partial charge in [0.15, 0.2) is 0 Å². The summed E-state index contributed by atoms with van der Waals surface area (Å²) in [6.45, 7) is 16.5. The van der Waals surface area contributed by atoms with Gasteiger partial charge < -0.3 is 28.8 Å². The van der Waals surface area contributed by atoms with E-state index < -0.39 is 17.1 Å². The average Bonchev–Trinajstić information content (AvgIpc) is 3.72. The normalized spacial score (nSPS) is 41.1. The quantitative estimate of drug-likeness (QED) is 0.315. The van der Waals surface area contributed by atoms with Crippen LogP contribution < -0.4 is 0 Å². The first-order valence-electron chi connectivity index (χ1n) is 14.2. The topological polar surface area (TPSA) is 90.1 Å². The van der Waals surface area contributed by atoms with E-state index in [4.69, 9.17) is 23.7 Å². The Bertz CT molecular complexity index is 772. The van der Waals surface area contributed by atoms with Gasteiger partial charge in [-0.25, -0.2) is 0 Å². The van der Waals surface area contributed by atoms with Crippen molar-refractivity contribution < 1.29 is 33.6 Å². The molecule has 2 saturated carbocycles. The van der Waals surface area contributed by atoms with Crippen LogP contribution in [-0.2, 0) is 28.5 Å². The van der Waals surface area contributed by atoms with Gasteiger partial charge in [-0.1, -0.05) is 0 Å². The van der Waals surface area contributed by atoms with E-state index in [0.717, 1.165) is 51.7 Å². The maximum Gasteiger partial charge on any atom is 0.311 e. The molecule has 4 fully saturated rings. The van der Waals surface area contributed by atoms with Gasteiger partial charge in [0, 0.05) is 6.61 Å². The lowest BCUT2D eigenvalue weighted by atomic mass is 9.72. The van der Waals surface area contributed by atoms with Gasteiger partial charge in [-0.2, -0.15) is 0 Å². The molecule has 7 heteroatoms. The number of hydrogen-bond donors (Lipinski definition) is 1. The maximum atomic E-state index is 13.5. The Hall–Kier alpha value is -0.730. The first kappa shape index (κ1) is 28.3. The highest BCUT2D eigenvalue weighted by Crippen LogP contribution is 2.49. The molecule has 8 atom stereocenters. The van der Waals surface area contributed by atoms with Crippen LogP contribution in [0.25, 0.3) is 0 Å². The molecule has 0 amide bonds. The molecule has 2 aliphatic carbocycles. The molecule has 0 radical (unpaired) electrons. The summed E-state index contributed by atoms with van der Waals surface area (Å²) in [6.07, 6.45) is 5.64. The molecule has 4 aliphatic rings. The molecule has 7 nitrogen and oxygen atoms in total. The number of esters is 1.